The van der Waals surface area contributed by atoms with Gasteiger partial charge in [0.05, 0.1) is 19.6 Å². The first-order valence-corrected chi connectivity index (χ1v) is 4.43. The smallest absolute Gasteiger partial charge is 0.239 e. The Balaban J connectivity index is 3.57. The van der Waals surface area contributed by atoms with Gasteiger partial charge in [-0.05, 0) is 13.1 Å². The molecule has 0 aromatic heterocycles. The van der Waals surface area contributed by atoms with Gasteiger partial charge in [0, 0.05) is 0 Å². The molecule has 15 heavy (non-hydrogen) atoms. The van der Waals surface area contributed by atoms with Crippen molar-refractivity contribution in [3.8, 4) is 0 Å². The number of hydrogen-bond donors (Lipinski definition) is 3. The van der Waals surface area contributed by atoms with Crippen LogP contribution in [0, 0.1) is 0 Å². The third-order valence-corrected chi connectivity index (χ3v) is 1.39. The Hall–Kier alpha value is -1.85. The lowest BCUT2D eigenvalue weighted by atomic mass is 10.4. The van der Waals surface area contributed by atoms with Crippen molar-refractivity contribution < 1.29 is 14.4 Å². The maximum absolute atomic E-state index is 11.0. The highest BCUT2D eigenvalue weighted by atomic mass is 16.2. The zero-order chi connectivity index (χ0) is 11.7. The zero-order valence-electron chi connectivity index (χ0n) is 8.63. The van der Waals surface area contributed by atoms with E-state index >= 15 is 0 Å². The number of ketones is 1. The Morgan fingerprint density at radius 3 is 2.13 bits per heavy atom. The largest absolute Gasteiger partial charge is 0.383 e. The standard InChI is InChI=1S/C9H15N3O3/c1-3-10-5-8(14)12-6-9(15)11-4-7(2)13/h3,10H,1,4-6H2,2H3,(H,11,15)(H,12,14). The topological polar surface area (TPSA) is 87.3 Å². The Morgan fingerprint density at radius 2 is 1.60 bits per heavy atom. The quantitative estimate of drug-likeness (QED) is 0.482. The molecule has 0 aliphatic heterocycles. The maximum atomic E-state index is 11.0. The van der Waals surface area contributed by atoms with Gasteiger partial charge in [-0.1, -0.05) is 6.58 Å². The molecule has 0 bridgehead atoms. The van der Waals surface area contributed by atoms with Gasteiger partial charge in [0.1, 0.15) is 5.78 Å². The lowest BCUT2D eigenvalue weighted by Crippen LogP contribution is -2.41. The van der Waals surface area contributed by atoms with Crippen LogP contribution in [0.4, 0.5) is 0 Å². The minimum Gasteiger partial charge on any atom is -0.383 e. The first-order chi connectivity index (χ1) is 7.06. The number of Topliss-reactive ketones (excluding diaryl/α,β-unsaturated/α-hetero) is 1. The monoisotopic (exact) mass is 213 g/mol. The molecule has 0 rings (SSSR count). The highest BCUT2D eigenvalue weighted by Gasteiger charge is 2.04. The number of carbonyl (C=O) groups is 3. The van der Waals surface area contributed by atoms with Gasteiger partial charge >= 0.3 is 0 Å². The molecule has 3 N–H and O–H groups in total. The first kappa shape index (κ1) is 13.2. The molecule has 0 fully saturated rings. The molecule has 0 atom stereocenters. The molecule has 0 spiro atoms. The molecule has 0 saturated carbocycles. The summed E-state index contributed by atoms with van der Waals surface area (Å²) >= 11 is 0. The first-order valence-electron chi connectivity index (χ1n) is 4.43. The number of nitrogens with one attached hydrogen (secondary N) is 3. The summed E-state index contributed by atoms with van der Waals surface area (Å²) in [5, 5.41) is 7.31. The predicted octanol–water partition coefficient (Wildman–Crippen LogP) is -1.46. The molecule has 6 heteroatoms. The molecule has 0 saturated heterocycles. The fourth-order valence-corrected chi connectivity index (χ4v) is 0.692. The Morgan fingerprint density at radius 1 is 1.07 bits per heavy atom. The summed E-state index contributed by atoms with van der Waals surface area (Å²) < 4.78 is 0. The second-order valence-electron chi connectivity index (χ2n) is 2.84. The Kier molecular flexibility index (Phi) is 6.61. The summed E-state index contributed by atoms with van der Waals surface area (Å²) in [6.07, 6.45) is 1.38. The van der Waals surface area contributed by atoms with E-state index < -0.39 is 5.91 Å². The molecule has 0 aliphatic rings. The predicted molar refractivity (Wildman–Crippen MR) is 54.9 cm³/mol. The van der Waals surface area contributed by atoms with Crippen molar-refractivity contribution in [3.63, 3.8) is 0 Å². The van der Waals surface area contributed by atoms with Crippen molar-refractivity contribution in [2.45, 2.75) is 6.92 Å². The summed E-state index contributed by atoms with van der Waals surface area (Å²) in [7, 11) is 0. The van der Waals surface area contributed by atoms with E-state index in [0.717, 1.165) is 0 Å². The Bertz CT molecular complexity index is 263. The van der Waals surface area contributed by atoms with Crippen LogP contribution in [-0.2, 0) is 14.4 Å². The Labute approximate surface area is 88.1 Å². The van der Waals surface area contributed by atoms with Gasteiger partial charge in [0.15, 0.2) is 0 Å². The van der Waals surface area contributed by atoms with Crippen molar-refractivity contribution in [2.24, 2.45) is 0 Å². The lowest BCUT2D eigenvalue weighted by molar-refractivity contribution is -0.126. The van der Waals surface area contributed by atoms with Crippen molar-refractivity contribution in [2.75, 3.05) is 19.6 Å². The minimum atomic E-state index is -0.392. The van der Waals surface area contributed by atoms with Crippen molar-refractivity contribution >= 4 is 17.6 Å². The normalized spacial score (nSPS) is 8.87. The zero-order valence-corrected chi connectivity index (χ0v) is 8.63. The second kappa shape index (κ2) is 7.54. The van der Waals surface area contributed by atoms with E-state index in [1.165, 1.54) is 13.1 Å². The van der Waals surface area contributed by atoms with Crippen LogP contribution in [0.25, 0.3) is 0 Å². The third-order valence-electron chi connectivity index (χ3n) is 1.39. The van der Waals surface area contributed by atoms with Crippen molar-refractivity contribution in [1.82, 2.24) is 16.0 Å². The van der Waals surface area contributed by atoms with Gasteiger partial charge in [-0.25, -0.2) is 0 Å². The van der Waals surface area contributed by atoms with Gasteiger partial charge in [-0.15, -0.1) is 0 Å². The molecule has 0 aliphatic carbocycles. The molecule has 84 valence electrons. The van der Waals surface area contributed by atoms with E-state index in [1.807, 2.05) is 0 Å². The molecule has 0 aromatic carbocycles. The van der Waals surface area contributed by atoms with Crippen LogP contribution in [0.1, 0.15) is 6.92 Å². The number of rotatable bonds is 7. The van der Waals surface area contributed by atoms with Gasteiger partial charge in [0.25, 0.3) is 0 Å². The molecule has 0 radical (unpaired) electrons. The third kappa shape index (κ3) is 8.48. The minimum absolute atomic E-state index is 0.0143. The molecule has 6 nitrogen and oxygen atoms in total. The van der Waals surface area contributed by atoms with Crippen LogP contribution in [0.5, 0.6) is 0 Å². The average molecular weight is 213 g/mol. The number of amides is 2. The van der Waals surface area contributed by atoms with Crippen molar-refractivity contribution in [1.29, 1.82) is 0 Å². The van der Waals surface area contributed by atoms with Crippen LogP contribution in [0.15, 0.2) is 12.8 Å². The van der Waals surface area contributed by atoms with Crippen LogP contribution < -0.4 is 16.0 Å². The molecule has 2 amide bonds. The van der Waals surface area contributed by atoms with Crippen LogP contribution in [-0.4, -0.2) is 37.2 Å². The second-order valence-corrected chi connectivity index (χ2v) is 2.84. The number of carbonyl (C=O) groups excluding carboxylic acids is 3. The highest BCUT2D eigenvalue weighted by molar-refractivity contribution is 5.88. The highest BCUT2D eigenvalue weighted by Crippen LogP contribution is 1.69. The molecule has 0 heterocycles. The summed E-state index contributed by atoms with van der Waals surface area (Å²) in [6.45, 7) is 4.66. The van der Waals surface area contributed by atoms with Gasteiger partial charge < -0.3 is 16.0 Å². The fourth-order valence-electron chi connectivity index (χ4n) is 0.692. The summed E-state index contributed by atoms with van der Waals surface area (Å²) in [5.41, 5.74) is 0. The fraction of sp³-hybridized carbons (Fsp3) is 0.444. The van der Waals surface area contributed by atoms with Gasteiger partial charge in [-0.3, -0.25) is 14.4 Å². The van der Waals surface area contributed by atoms with E-state index in [2.05, 4.69) is 22.5 Å². The SMILES string of the molecule is C=CNCC(=O)NCC(=O)NCC(C)=O. The molecule has 0 unspecified atom stereocenters. The van der Waals surface area contributed by atoms with Crippen molar-refractivity contribution in [3.05, 3.63) is 12.8 Å². The summed E-state index contributed by atoms with van der Waals surface area (Å²) in [4.78, 5) is 32.5. The molecular weight excluding hydrogens is 198 g/mol. The molecule has 0 aromatic rings. The van der Waals surface area contributed by atoms with E-state index in [0.29, 0.717) is 0 Å². The van der Waals surface area contributed by atoms with E-state index in [-0.39, 0.29) is 31.3 Å². The lowest BCUT2D eigenvalue weighted by Gasteiger charge is -2.05. The van der Waals surface area contributed by atoms with Gasteiger partial charge in [0.2, 0.25) is 11.8 Å². The van der Waals surface area contributed by atoms with Crippen LogP contribution >= 0.6 is 0 Å². The average Bonchev–Trinajstić information content (AvgIpc) is 2.20. The van der Waals surface area contributed by atoms with Crippen LogP contribution in [0.3, 0.4) is 0 Å². The number of hydrogen-bond acceptors (Lipinski definition) is 4. The summed E-state index contributed by atoms with van der Waals surface area (Å²) in [6, 6.07) is 0. The van der Waals surface area contributed by atoms with E-state index in [9.17, 15) is 14.4 Å². The van der Waals surface area contributed by atoms with Crippen LogP contribution in [0.2, 0.25) is 0 Å². The van der Waals surface area contributed by atoms with E-state index in [1.54, 1.807) is 0 Å². The van der Waals surface area contributed by atoms with E-state index in [4.69, 9.17) is 0 Å². The maximum Gasteiger partial charge on any atom is 0.239 e. The summed E-state index contributed by atoms with van der Waals surface area (Å²) in [5.74, 6) is -0.840. The molecular formula is C9H15N3O3. The van der Waals surface area contributed by atoms with Gasteiger partial charge in [-0.2, -0.15) is 0 Å².